The van der Waals surface area contributed by atoms with Gasteiger partial charge in [0.15, 0.2) is 0 Å². The minimum absolute atomic E-state index is 0.116. The quantitative estimate of drug-likeness (QED) is 0.654. The van der Waals surface area contributed by atoms with Crippen molar-refractivity contribution in [3.8, 4) is 0 Å². The van der Waals surface area contributed by atoms with Gasteiger partial charge >= 0.3 is 0 Å². The molecule has 0 saturated heterocycles. The molecule has 7 heteroatoms. The fraction of sp³-hybridized carbons (Fsp3) is 0.417. The van der Waals surface area contributed by atoms with Gasteiger partial charge in [-0.25, -0.2) is 0 Å². The van der Waals surface area contributed by atoms with Crippen LogP contribution < -0.4 is 11.1 Å². The lowest BCUT2D eigenvalue weighted by molar-refractivity contribution is -0.384. The number of nitrogens with two attached hydrogens (primary N) is 1. The molecule has 0 heterocycles. The summed E-state index contributed by atoms with van der Waals surface area (Å²) in [4.78, 5) is 22.3. The Morgan fingerprint density at radius 2 is 2.21 bits per heavy atom. The summed E-state index contributed by atoms with van der Waals surface area (Å²) in [6, 6.07) is 3.94. The summed E-state index contributed by atoms with van der Waals surface area (Å²) >= 11 is 5.93. The maximum Gasteiger partial charge on any atom is 0.271 e. The molecule has 2 rings (SSSR count). The van der Waals surface area contributed by atoms with Crippen LogP contribution in [0.1, 0.15) is 19.3 Å². The highest BCUT2D eigenvalue weighted by atomic mass is 35.5. The van der Waals surface area contributed by atoms with E-state index in [4.69, 9.17) is 17.3 Å². The minimum atomic E-state index is -0.548. The number of hydrogen-bond acceptors (Lipinski definition) is 4. The van der Waals surface area contributed by atoms with Gasteiger partial charge in [0.2, 0.25) is 5.91 Å². The molecule has 1 aliphatic carbocycles. The molecule has 0 radical (unpaired) electrons. The summed E-state index contributed by atoms with van der Waals surface area (Å²) in [7, 11) is 0. The van der Waals surface area contributed by atoms with Crippen molar-refractivity contribution in [2.24, 2.45) is 11.1 Å². The highest BCUT2D eigenvalue weighted by Crippen LogP contribution is 2.41. The van der Waals surface area contributed by atoms with E-state index in [-0.39, 0.29) is 28.8 Å². The SMILES string of the molecule is NCC1(C(=O)Nc2cc([N+](=O)[O-])ccc2Cl)CCC1. The number of nitro groups is 1. The Hall–Kier alpha value is -1.66. The number of anilines is 1. The summed E-state index contributed by atoms with van der Waals surface area (Å²) in [6.07, 6.45) is 2.44. The Kier molecular flexibility index (Phi) is 3.73. The summed E-state index contributed by atoms with van der Waals surface area (Å²) in [5, 5.41) is 13.6. The molecule has 3 N–H and O–H groups in total. The van der Waals surface area contributed by atoms with Crippen LogP contribution in [0.4, 0.5) is 11.4 Å². The first kappa shape index (κ1) is 13.8. The second-order valence-corrected chi connectivity index (χ2v) is 5.12. The highest BCUT2D eigenvalue weighted by Gasteiger charge is 2.43. The molecule has 0 bridgehead atoms. The van der Waals surface area contributed by atoms with Crippen molar-refractivity contribution in [1.82, 2.24) is 0 Å². The molecule has 0 aromatic heterocycles. The molecule has 1 fully saturated rings. The molecule has 6 nitrogen and oxygen atoms in total. The monoisotopic (exact) mass is 283 g/mol. The van der Waals surface area contributed by atoms with E-state index in [1.54, 1.807) is 0 Å². The van der Waals surface area contributed by atoms with Gasteiger partial charge in [-0.2, -0.15) is 0 Å². The number of non-ortho nitro benzene ring substituents is 1. The van der Waals surface area contributed by atoms with Gasteiger partial charge in [0.1, 0.15) is 0 Å². The zero-order chi connectivity index (χ0) is 14.0. The Morgan fingerprint density at radius 1 is 1.53 bits per heavy atom. The van der Waals surface area contributed by atoms with Gasteiger partial charge in [-0.15, -0.1) is 0 Å². The van der Waals surface area contributed by atoms with Crippen molar-refractivity contribution in [1.29, 1.82) is 0 Å². The topological polar surface area (TPSA) is 98.3 Å². The lowest BCUT2D eigenvalue weighted by Crippen LogP contribution is -2.47. The first-order valence-electron chi connectivity index (χ1n) is 5.94. The van der Waals surface area contributed by atoms with E-state index < -0.39 is 10.3 Å². The van der Waals surface area contributed by atoms with Crippen LogP contribution in [0.15, 0.2) is 18.2 Å². The van der Waals surface area contributed by atoms with Crippen LogP contribution in [0.25, 0.3) is 0 Å². The second-order valence-electron chi connectivity index (χ2n) is 4.71. The van der Waals surface area contributed by atoms with Gasteiger partial charge < -0.3 is 11.1 Å². The molecule has 102 valence electrons. The first-order chi connectivity index (χ1) is 8.98. The van der Waals surface area contributed by atoms with Crippen LogP contribution in [0.2, 0.25) is 5.02 Å². The Bertz CT molecular complexity index is 523. The molecule has 1 aromatic carbocycles. The number of amides is 1. The molecule has 0 spiro atoms. The molecule has 1 aromatic rings. The number of nitro benzene ring substituents is 1. The maximum absolute atomic E-state index is 12.2. The molecule has 0 atom stereocenters. The van der Waals surface area contributed by atoms with Crippen molar-refractivity contribution in [3.05, 3.63) is 33.3 Å². The third kappa shape index (κ3) is 2.54. The molecular formula is C12H14ClN3O3. The van der Waals surface area contributed by atoms with Gasteiger partial charge in [-0.3, -0.25) is 14.9 Å². The predicted molar refractivity (Wildman–Crippen MR) is 72.1 cm³/mol. The number of carbonyl (C=O) groups excluding carboxylic acids is 1. The summed E-state index contributed by atoms with van der Waals surface area (Å²) < 4.78 is 0. The Labute approximate surface area is 115 Å². The van der Waals surface area contributed by atoms with Crippen LogP contribution >= 0.6 is 11.6 Å². The molecule has 19 heavy (non-hydrogen) atoms. The van der Waals surface area contributed by atoms with E-state index in [9.17, 15) is 14.9 Å². The normalized spacial score (nSPS) is 16.5. The lowest BCUT2D eigenvalue weighted by Gasteiger charge is -2.39. The fourth-order valence-electron chi connectivity index (χ4n) is 2.10. The summed E-state index contributed by atoms with van der Waals surface area (Å²) in [6.45, 7) is 0.269. The molecule has 1 aliphatic rings. The average molecular weight is 284 g/mol. The van der Waals surface area contributed by atoms with Gasteiger partial charge in [-0.05, 0) is 18.9 Å². The Balaban J connectivity index is 2.21. The van der Waals surface area contributed by atoms with Crippen LogP contribution in [-0.2, 0) is 4.79 Å². The molecule has 1 saturated carbocycles. The van der Waals surface area contributed by atoms with Crippen LogP contribution in [0, 0.1) is 15.5 Å². The average Bonchev–Trinajstić information content (AvgIpc) is 2.31. The van der Waals surface area contributed by atoms with Crippen molar-refractivity contribution in [2.75, 3.05) is 11.9 Å². The van der Waals surface area contributed by atoms with Crippen LogP contribution in [0.5, 0.6) is 0 Å². The number of halogens is 1. The molecule has 1 amide bonds. The predicted octanol–water partition coefficient (Wildman–Crippen LogP) is 2.32. The largest absolute Gasteiger partial charge is 0.329 e. The van der Waals surface area contributed by atoms with E-state index in [1.807, 2.05) is 0 Å². The lowest BCUT2D eigenvalue weighted by atomic mass is 9.68. The van der Waals surface area contributed by atoms with Crippen molar-refractivity contribution in [3.63, 3.8) is 0 Å². The van der Waals surface area contributed by atoms with Gasteiger partial charge in [0, 0.05) is 18.7 Å². The van der Waals surface area contributed by atoms with E-state index in [0.29, 0.717) is 0 Å². The smallest absolute Gasteiger partial charge is 0.271 e. The maximum atomic E-state index is 12.2. The van der Waals surface area contributed by atoms with Crippen molar-refractivity contribution in [2.45, 2.75) is 19.3 Å². The van der Waals surface area contributed by atoms with E-state index in [1.165, 1.54) is 18.2 Å². The first-order valence-corrected chi connectivity index (χ1v) is 6.32. The fourth-order valence-corrected chi connectivity index (χ4v) is 2.27. The zero-order valence-corrected chi connectivity index (χ0v) is 10.9. The standard InChI is InChI=1S/C12H14ClN3O3/c13-9-3-2-8(16(18)19)6-10(9)15-11(17)12(7-14)4-1-5-12/h2-3,6H,1,4-5,7,14H2,(H,15,17). The number of hydrogen-bond donors (Lipinski definition) is 2. The third-order valence-electron chi connectivity index (χ3n) is 3.59. The van der Waals surface area contributed by atoms with E-state index in [0.717, 1.165) is 19.3 Å². The van der Waals surface area contributed by atoms with Gasteiger partial charge in [0.05, 0.1) is 21.0 Å². The molecular weight excluding hydrogens is 270 g/mol. The Morgan fingerprint density at radius 3 is 2.68 bits per heavy atom. The van der Waals surface area contributed by atoms with Gasteiger partial charge in [-0.1, -0.05) is 18.0 Å². The molecule has 0 aliphatic heterocycles. The van der Waals surface area contributed by atoms with Crippen LogP contribution in [0.3, 0.4) is 0 Å². The number of carbonyl (C=O) groups is 1. The number of benzene rings is 1. The number of rotatable bonds is 4. The molecule has 0 unspecified atom stereocenters. The minimum Gasteiger partial charge on any atom is -0.329 e. The van der Waals surface area contributed by atoms with Crippen LogP contribution in [-0.4, -0.2) is 17.4 Å². The summed E-state index contributed by atoms with van der Waals surface area (Å²) in [5.41, 5.74) is 5.22. The second kappa shape index (κ2) is 5.14. The number of nitrogens with zero attached hydrogens (tertiary/aromatic N) is 1. The van der Waals surface area contributed by atoms with E-state index in [2.05, 4.69) is 5.32 Å². The highest BCUT2D eigenvalue weighted by molar-refractivity contribution is 6.33. The summed E-state index contributed by atoms with van der Waals surface area (Å²) in [5.74, 6) is -0.219. The number of nitrogens with one attached hydrogen (secondary N) is 1. The van der Waals surface area contributed by atoms with E-state index >= 15 is 0 Å². The van der Waals surface area contributed by atoms with Crippen molar-refractivity contribution >= 4 is 28.9 Å². The zero-order valence-electron chi connectivity index (χ0n) is 10.2. The van der Waals surface area contributed by atoms with Crippen molar-refractivity contribution < 1.29 is 9.72 Å². The van der Waals surface area contributed by atoms with Gasteiger partial charge in [0.25, 0.3) is 5.69 Å². The third-order valence-corrected chi connectivity index (χ3v) is 3.92.